The lowest BCUT2D eigenvalue weighted by atomic mass is 10.2. The van der Waals surface area contributed by atoms with Gasteiger partial charge in [0.15, 0.2) is 0 Å². The van der Waals surface area contributed by atoms with Crippen molar-refractivity contribution >= 4 is 11.9 Å². The summed E-state index contributed by atoms with van der Waals surface area (Å²) < 4.78 is 0. The summed E-state index contributed by atoms with van der Waals surface area (Å²) >= 11 is 0. The maximum absolute atomic E-state index is 12.2. The van der Waals surface area contributed by atoms with Gasteiger partial charge >= 0.3 is 6.03 Å². The van der Waals surface area contributed by atoms with Gasteiger partial charge in [-0.05, 0) is 13.0 Å². The second kappa shape index (κ2) is 6.23. The molecule has 0 aliphatic carbocycles. The third-order valence-corrected chi connectivity index (χ3v) is 3.15. The van der Waals surface area contributed by atoms with Gasteiger partial charge in [0.2, 0.25) is 0 Å². The molecule has 1 fully saturated rings. The molecule has 0 aromatic carbocycles. The van der Waals surface area contributed by atoms with Crippen LogP contribution in [0.1, 0.15) is 17.3 Å². The minimum atomic E-state index is -0.177. The number of carbonyl (C=O) groups is 2. The van der Waals surface area contributed by atoms with Gasteiger partial charge in [-0.3, -0.25) is 9.78 Å². The summed E-state index contributed by atoms with van der Waals surface area (Å²) in [6.45, 7) is 4.42. The highest BCUT2D eigenvalue weighted by Gasteiger charge is 2.24. The number of hydrogen-bond donors (Lipinski definition) is 2. The van der Waals surface area contributed by atoms with Crippen LogP contribution in [-0.2, 0) is 0 Å². The van der Waals surface area contributed by atoms with Crippen molar-refractivity contribution < 1.29 is 14.7 Å². The molecule has 1 aromatic heterocycles. The predicted octanol–water partition coefficient (Wildman–Crippen LogP) is 0.274. The first-order valence-corrected chi connectivity index (χ1v) is 6.58. The molecule has 20 heavy (non-hydrogen) atoms. The topological polar surface area (TPSA) is 85.8 Å². The molecule has 108 valence electrons. The zero-order chi connectivity index (χ0) is 14.5. The molecule has 1 aromatic rings. The average Bonchev–Trinajstić information content (AvgIpc) is 2.47. The maximum atomic E-state index is 12.2. The van der Waals surface area contributed by atoms with Gasteiger partial charge in [-0.15, -0.1) is 0 Å². The molecule has 7 heteroatoms. The van der Waals surface area contributed by atoms with Gasteiger partial charge in [0.1, 0.15) is 5.75 Å². The number of carbonyl (C=O) groups excluding carboxylic acids is 2. The van der Waals surface area contributed by atoms with E-state index in [0.29, 0.717) is 38.3 Å². The summed E-state index contributed by atoms with van der Waals surface area (Å²) in [6, 6.07) is 1.30. The lowest BCUT2D eigenvalue weighted by Gasteiger charge is -2.34. The fourth-order valence-electron chi connectivity index (χ4n) is 2.10. The number of piperazine rings is 1. The maximum Gasteiger partial charge on any atom is 0.317 e. The normalized spacial score (nSPS) is 15.1. The summed E-state index contributed by atoms with van der Waals surface area (Å²) in [5.41, 5.74) is 0.358. The van der Waals surface area contributed by atoms with Crippen LogP contribution in [0.15, 0.2) is 18.5 Å². The number of aromatic hydroxyl groups is 1. The molecule has 0 saturated carbocycles. The molecule has 1 aliphatic heterocycles. The highest BCUT2D eigenvalue weighted by atomic mass is 16.3. The van der Waals surface area contributed by atoms with Crippen molar-refractivity contribution in [1.82, 2.24) is 20.1 Å². The molecule has 0 radical (unpaired) electrons. The van der Waals surface area contributed by atoms with Gasteiger partial charge in [-0.2, -0.15) is 0 Å². The van der Waals surface area contributed by atoms with Crippen LogP contribution < -0.4 is 5.32 Å². The van der Waals surface area contributed by atoms with Crippen molar-refractivity contribution in [3.63, 3.8) is 0 Å². The molecule has 3 amide bonds. The summed E-state index contributed by atoms with van der Waals surface area (Å²) in [6.07, 6.45) is 2.71. The zero-order valence-electron chi connectivity index (χ0n) is 11.4. The van der Waals surface area contributed by atoms with E-state index >= 15 is 0 Å². The van der Waals surface area contributed by atoms with Crippen molar-refractivity contribution in [2.24, 2.45) is 0 Å². The molecule has 7 nitrogen and oxygen atoms in total. The van der Waals surface area contributed by atoms with E-state index in [1.165, 1.54) is 18.5 Å². The molecule has 0 atom stereocenters. The average molecular weight is 278 g/mol. The van der Waals surface area contributed by atoms with Crippen LogP contribution in [0, 0.1) is 0 Å². The van der Waals surface area contributed by atoms with Crippen LogP contribution in [0.5, 0.6) is 5.75 Å². The largest absolute Gasteiger partial charge is 0.506 e. The molecule has 1 aliphatic rings. The van der Waals surface area contributed by atoms with Crippen LogP contribution in [0.25, 0.3) is 0 Å². The minimum Gasteiger partial charge on any atom is -0.506 e. The Morgan fingerprint density at radius 1 is 1.25 bits per heavy atom. The van der Waals surface area contributed by atoms with Gasteiger partial charge in [-0.25, -0.2) is 4.79 Å². The first kappa shape index (κ1) is 14.1. The lowest BCUT2D eigenvalue weighted by Crippen LogP contribution is -2.53. The van der Waals surface area contributed by atoms with E-state index in [0.717, 1.165) is 0 Å². The van der Waals surface area contributed by atoms with Crippen molar-refractivity contribution in [2.45, 2.75) is 6.92 Å². The van der Waals surface area contributed by atoms with Crippen LogP contribution in [0.4, 0.5) is 4.79 Å². The fourth-order valence-corrected chi connectivity index (χ4v) is 2.10. The second-order valence-electron chi connectivity index (χ2n) is 4.55. The Labute approximate surface area is 117 Å². The van der Waals surface area contributed by atoms with Crippen molar-refractivity contribution in [1.29, 1.82) is 0 Å². The number of nitrogens with one attached hydrogen (secondary N) is 1. The monoisotopic (exact) mass is 278 g/mol. The second-order valence-corrected chi connectivity index (χ2v) is 4.55. The number of rotatable bonds is 2. The molecule has 0 bridgehead atoms. The lowest BCUT2D eigenvalue weighted by molar-refractivity contribution is 0.0664. The number of urea groups is 1. The first-order valence-electron chi connectivity index (χ1n) is 6.58. The van der Waals surface area contributed by atoms with Crippen molar-refractivity contribution in [3.8, 4) is 5.75 Å². The summed E-state index contributed by atoms with van der Waals surface area (Å²) in [7, 11) is 0. The standard InChI is InChI=1S/C13H18N4O3/c1-2-15-13(20)17-5-3-16(4-6-17)12(19)10-7-11(18)9-14-8-10/h7-9,18H,2-6H2,1H3,(H,15,20). The molecular weight excluding hydrogens is 260 g/mol. The van der Waals surface area contributed by atoms with Gasteiger partial charge in [0, 0.05) is 38.9 Å². The van der Waals surface area contributed by atoms with E-state index in [9.17, 15) is 14.7 Å². The van der Waals surface area contributed by atoms with Gasteiger partial charge in [-0.1, -0.05) is 0 Å². The number of hydrogen-bond acceptors (Lipinski definition) is 4. The first-order chi connectivity index (χ1) is 9.61. The Bertz CT molecular complexity index is 498. The highest BCUT2D eigenvalue weighted by Crippen LogP contribution is 2.12. The Morgan fingerprint density at radius 3 is 2.50 bits per heavy atom. The SMILES string of the molecule is CCNC(=O)N1CCN(C(=O)c2cncc(O)c2)CC1. The molecule has 2 N–H and O–H groups in total. The van der Waals surface area contributed by atoms with E-state index in [4.69, 9.17) is 0 Å². The van der Waals surface area contributed by atoms with Crippen molar-refractivity contribution in [2.75, 3.05) is 32.7 Å². The number of nitrogens with zero attached hydrogens (tertiary/aromatic N) is 3. The van der Waals surface area contributed by atoms with Crippen LogP contribution >= 0.6 is 0 Å². The Kier molecular flexibility index (Phi) is 4.39. The minimum absolute atomic E-state index is 0.0307. The molecule has 0 spiro atoms. The summed E-state index contributed by atoms with van der Waals surface area (Å²) in [4.78, 5) is 31.0. The van der Waals surface area contributed by atoms with Crippen LogP contribution in [-0.4, -0.2) is 64.6 Å². The highest BCUT2D eigenvalue weighted by molar-refractivity contribution is 5.94. The molecule has 0 unspecified atom stereocenters. The van der Waals surface area contributed by atoms with E-state index in [1.54, 1.807) is 9.80 Å². The Morgan fingerprint density at radius 2 is 1.90 bits per heavy atom. The van der Waals surface area contributed by atoms with E-state index in [-0.39, 0.29) is 17.7 Å². The summed E-state index contributed by atoms with van der Waals surface area (Å²) in [5, 5.41) is 12.1. The third-order valence-electron chi connectivity index (χ3n) is 3.15. The number of pyridine rings is 1. The van der Waals surface area contributed by atoms with Crippen LogP contribution in [0.2, 0.25) is 0 Å². The smallest absolute Gasteiger partial charge is 0.317 e. The predicted molar refractivity (Wildman–Crippen MR) is 72.5 cm³/mol. The van der Waals surface area contributed by atoms with Crippen molar-refractivity contribution in [3.05, 3.63) is 24.0 Å². The number of aromatic nitrogens is 1. The van der Waals surface area contributed by atoms with E-state index < -0.39 is 0 Å². The molecule has 2 rings (SSSR count). The Hall–Kier alpha value is -2.31. The van der Waals surface area contributed by atoms with Gasteiger partial charge in [0.05, 0.1) is 11.8 Å². The molecular formula is C13H18N4O3. The summed E-state index contributed by atoms with van der Waals surface area (Å²) in [5.74, 6) is -0.208. The Balaban J connectivity index is 1.93. The van der Waals surface area contributed by atoms with Crippen LogP contribution in [0.3, 0.4) is 0 Å². The van der Waals surface area contributed by atoms with E-state index in [1.807, 2.05) is 6.92 Å². The van der Waals surface area contributed by atoms with Gasteiger partial charge < -0.3 is 20.2 Å². The van der Waals surface area contributed by atoms with E-state index in [2.05, 4.69) is 10.3 Å². The molecule has 2 heterocycles. The number of amides is 3. The molecule has 1 saturated heterocycles. The third kappa shape index (κ3) is 3.17. The zero-order valence-corrected chi connectivity index (χ0v) is 11.4. The quantitative estimate of drug-likeness (QED) is 0.813. The van der Waals surface area contributed by atoms with Gasteiger partial charge in [0.25, 0.3) is 5.91 Å². The fraction of sp³-hybridized carbons (Fsp3) is 0.462.